The molecule has 0 spiro atoms. The second-order valence-corrected chi connectivity index (χ2v) is 8.09. The normalized spacial score (nSPS) is 28.1. The first-order valence-electron chi connectivity index (χ1n) is 7.02. The summed E-state index contributed by atoms with van der Waals surface area (Å²) in [5, 5.41) is 1.23. The zero-order valence-electron chi connectivity index (χ0n) is 12.2. The molecule has 1 saturated carbocycles. The second kappa shape index (κ2) is 4.93. The number of nitrogens with two attached hydrogens (primary N) is 1. The second-order valence-electron chi connectivity index (χ2n) is 6.81. The van der Waals surface area contributed by atoms with Crippen LogP contribution in [0.4, 0.5) is 0 Å². The van der Waals surface area contributed by atoms with Crippen LogP contribution in [0, 0.1) is 19.3 Å². The minimum absolute atomic E-state index is 0.0233. The van der Waals surface area contributed by atoms with Crippen LogP contribution in [0.2, 0.25) is 0 Å². The van der Waals surface area contributed by atoms with Gasteiger partial charge < -0.3 is 5.73 Å². The highest BCUT2D eigenvalue weighted by Crippen LogP contribution is 2.38. The molecular weight excluding hydrogens is 240 g/mol. The standard InChI is InChI=1S/C15H26N2S/c1-11-12(2)18-13(17-11)10-15(16)7-5-6-14(3,4)8-9-15/h5-10,16H2,1-4H3. The molecule has 1 aromatic rings. The van der Waals surface area contributed by atoms with Crippen LogP contribution in [0.5, 0.6) is 0 Å². The molecule has 2 N–H and O–H groups in total. The molecule has 1 heterocycles. The minimum Gasteiger partial charge on any atom is -0.325 e. The monoisotopic (exact) mass is 266 g/mol. The Labute approximate surface area is 115 Å². The Kier molecular flexibility index (Phi) is 3.84. The summed E-state index contributed by atoms with van der Waals surface area (Å²) in [6.45, 7) is 8.98. The van der Waals surface area contributed by atoms with Crippen LogP contribution in [0.1, 0.15) is 61.5 Å². The molecule has 1 aromatic heterocycles. The number of hydrogen-bond donors (Lipinski definition) is 1. The van der Waals surface area contributed by atoms with E-state index in [2.05, 4.69) is 32.7 Å². The Morgan fingerprint density at radius 3 is 2.50 bits per heavy atom. The highest BCUT2D eigenvalue weighted by Gasteiger charge is 2.33. The molecule has 0 saturated heterocycles. The fourth-order valence-electron chi connectivity index (χ4n) is 2.85. The van der Waals surface area contributed by atoms with Gasteiger partial charge in [0.1, 0.15) is 0 Å². The molecule has 2 rings (SSSR count). The van der Waals surface area contributed by atoms with E-state index in [0.29, 0.717) is 5.41 Å². The van der Waals surface area contributed by atoms with E-state index in [1.165, 1.54) is 34.8 Å². The lowest BCUT2D eigenvalue weighted by atomic mass is 9.83. The Balaban J connectivity index is 2.07. The predicted molar refractivity (Wildman–Crippen MR) is 79.1 cm³/mol. The maximum atomic E-state index is 6.64. The topological polar surface area (TPSA) is 38.9 Å². The third kappa shape index (κ3) is 3.33. The number of nitrogens with zero attached hydrogens (tertiary/aromatic N) is 1. The maximum Gasteiger partial charge on any atom is 0.0949 e. The van der Waals surface area contributed by atoms with E-state index in [4.69, 9.17) is 5.73 Å². The lowest BCUT2D eigenvalue weighted by Gasteiger charge is -2.28. The van der Waals surface area contributed by atoms with Crippen molar-refractivity contribution in [1.82, 2.24) is 4.98 Å². The quantitative estimate of drug-likeness (QED) is 0.822. The Bertz CT molecular complexity index is 403. The first kappa shape index (κ1) is 14.0. The van der Waals surface area contributed by atoms with Crippen molar-refractivity contribution < 1.29 is 0 Å². The van der Waals surface area contributed by atoms with Crippen LogP contribution in [0.15, 0.2) is 0 Å². The van der Waals surface area contributed by atoms with E-state index < -0.39 is 0 Å². The van der Waals surface area contributed by atoms with E-state index in [1.807, 2.05) is 11.3 Å². The van der Waals surface area contributed by atoms with Gasteiger partial charge in [-0.25, -0.2) is 4.98 Å². The van der Waals surface area contributed by atoms with Crippen LogP contribution in [0.25, 0.3) is 0 Å². The Hall–Kier alpha value is -0.410. The van der Waals surface area contributed by atoms with Gasteiger partial charge in [0.25, 0.3) is 0 Å². The zero-order valence-corrected chi connectivity index (χ0v) is 13.0. The van der Waals surface area contributed by atoms with Gasteiger partial charge in [-0.05, 0) is 44.9 Å². The smallest absolute Gasteiger partial charge is 0.0949 e. The predicted octanol–water partition coefficient (Wildman–Crippen LogP) is 3.99. The van der Waals surface area contributed by atoms with E-state index in [9.17, 15) is 0 Å². The summed E-state index contributed by atoms with van der Waals surface area (Å²) in [4.78, 5) is 5.99. The largest absolute Gasteiger partial charge is 0.325 e. The van der Waals surface area contributed by atoms with Crippen molar-refractivity contribution in [3.63, 3.8) is 0 Å². The number of aromatic nitrogens is 1. The van der Waals surface area contributed by atoms with Crippen molar-refractivity contribution >= 4 is 11.3 Å². The van der Waals surface area contributed by atoms with Gasteiger partial charge in [0, 0.05) is 16.8 Å². The third-order valence-electron chi connectivity index (χ3n) is 4.40. The summed E-state index contributed by atoms with van der Waals surface area (Å²) in [5.41, 5.74) is 8.26. The molecule has 3 heteroatoms. The van der Waals surface area contributed by atoms with Gasteiger partial charge >= 0.3 is 0 Å². The van der Waals surface area contributed by atoms with Crippen LogP contribution in [-0.4, -0.2) is 10.5 Å². The number of rotatable bonds is 2. The van der Waals surface area contributed by atoms with E-state index >= 15 is 0 Å². The average molecular weight is 266 g/mol. The summed E-state index contributed by atoms with van der Waals surface area (Å²) in [6.07, 6.45) is 7.05. The van der Waals surface area contributed by atoms with E-state index in [1.54, 1.807) is 0 Å². The fourth-order valence-corrected chi connectivity index (χ4v) is 3.94. The number of thiazole rings is 1. The molecule has 0 aromatic carbocycles. The van der Waals surface area contributed by atoms with Crippen molar-refractivity contribution in [1.29, 1.82) is 0 Å². The molecule has 1 aliphatic rings. The van der Waals surface area contributed by atoms with Gasteiger partial charge in [0.05, 0.1) is 10.7 Å². The lowest BCUT2D eigenvalue weighted by Crippen LogP contribution is -2.41. The molecule has 1 aliphatic carbocycles. The summed E-state index contributed by atoms with van der Waals surface area (Å²) in [5.74, 6) is 0. The van der Waals surface area contributed by atoms with Crippen LogP contribution in [-0.2, 0) is 6.42 Å². The van der Waals surface area contributed by atoms with Crippen LogP contribution in [0.3, 0.4) is 0 Å². The molecule has 102 valence electrons. The zero-order chi connectivity index (χ0) is 13.4. The van der Waals surface area contributed by atoms with Crippen LogP contribution < -0.4 is 5.73 Å². The third-order valence-corrected chi connectivity index (χ3v) is 5.48. The first-order valence-corrected chi connectivity index (χ1v) is 7.83. The molecular formula is C15H26N2S. The molecule has 1 fully saturated rings. The maximum absolute atomic E-state index is 6.64. The van der Waals surface area contributed by atoms with E-state index in [-0.39, 0.29) is 5.54 Å². The summed E-state index contributed by atoms with van der Waals surface area (Å²) in [6, 6.07) is 0. The number of aryl methyl sites for hydroxylation is 2. The fraction of sp³-hybridized carbons (Fsp3) is 0.800. The molecule has 1 unspecified atom stereocenters. The molecule has 1 atom stereocenters. The summed E-state index contributed by atoms with van der Waals surface area (Å²) < 4.78 is 0. The summed E-state index contributed by atoms with van der Waals surface area (Å²) in [7, 11) is 0. The van der Waals surface area contributed by atoms with Crippen molar-refractivity contribution in [2.45, 2.75) is 71.8 Å². The molecule has 0 bridgehead atoms. The van der Waals surface area contributed by atoms with Gasteiger partial charge in [-0.15, -0.1) is 11.3 Å². The van der Waals surface area contributed by atoms with Gasteiger partial charge in [-0.2, -0.15) is 0 Å². The molecule has 0 aliphatic heterocycles. The molecule has 0 radical (unpaired) electrons. The van der Waals surface area contributed by atoms with Crippen molar-refractivity contribution in [3.05, 3.63) is 15.6 Å². The van der Waals surface area contributed by atoms with Crippen molar-refractivity contribution in [3.8, 4) is 0 Å². The summed E-state index contributed by atoms with van der Waals surface area (Å²) >= 11 is 1.82. The van der Waals surface area contributed by atoms with Crippen LogP contribution >= 0.6 is 11.3 Å². The first-order chi connectivity index (χ1) is 8.30. The van der Waals surface area contributed by atoms with Crippen molar-refractivity contribution in [2.75, 3.05) is 0 Å². The number of hydrogen-bond acceptors (Lipinski definition) is 3. The Morgan fingerprint density at radius 1 is 1.17 bits per heavy atom. The van der Waals surface area contributed by atoms with Gasteiger partial charge in [-0.3, -0.25) is 0 Å². The highest BCUT2D eigenvalue weighted by molar-refractivity contribution is 7.11. The Morgan fingerprint density at radius 2 is 1.89 bits per heavy atom. The van der Waals surface area contributed by atoms with Gasteiger partial charge in [0.2, 0.25) is 0 Å². The highest BCUT2D eigenvalue weighted by atomic mass is 32.1. The lowest BCUT2D eigenvalue weighted by molar-refractivity contribution is 0.297. The SMILES string of the molecule is Cc1nc(CC2(N)CCCC(C)(C)CC2)sc1C. The van der Waals surface area contributed by atoms with Gasteiger partial charge in [0.15, 0.2) is 0 Å². The van der Waals surface area contributed by atoms with E-state index in [0.717, 1.165) is 19.3 Å². The molecule has 0 amide bonds. The molecule has 2 nitrogen and oxygen atoms in total. The van der Waals surface area contributed by atoms with Crippen molar-refractivity contribution in [2.24, 2.45) is 11.1 Å². The minimum atomic E-state index is -0.0233. The molecule has 18 heavy (non-hydrogen) atoms. The van der Waals surface area contributed by atoms with Gasteiger partial charge in [-0.1, -0.05) is 20.3 Å². The average Bonchev–Trinajstić information content (AvgIpc) is 2.47.